The van der Waals surface area contributed by atoms with Crippen molar-refractivity contribution < 1.29 is 4.42 Å². The normalized spacial score (nSPS) is 10.8. The summed E-state index contributed by atoms with van der Waals surface area (Å²) in [5, 5.41) is 0. The fraction of sp³-hybridized carbons (Fsp3) is 0.471. The van der Waals surface area contributed by atoms with Crippen LogP contribution in [0.3, 0.4) is 0 Å². The van der Waals surface area contributed by atoms with E-state index in [9.17, 15) is 4.79 Å². The van der Waals surface area contributed by atoms with E-state index in [4.69, 9.17) is 4.42 Å². The molecule has 2 aromatic rings. The monoisotopic (exact) mass is 273 g/mol. The minimum Gasteiger partial charge on any atom is -0.412 e. The van der Waals surface area contributed by atoms with E-state index >= 15 is 0 Å². The number of oxazole rings is 1. The lowest BCUT2D eigenvalue weighted by Crippen LogP contribution is -1.94. The third-order valence-electron chi connectivity index (χ3n) is 3.54. The second kappa shape index (κ2) is 7.73. The molecule has 0 aliphatic heterocycles. The van der Waals surface area contributed by atoms with Gasteiger partial charge in [0.25, 0.3) is 0 Å². The number of aryl methyl sites for hydroxylation is 1. The molecule has 1 aromatic heterocycles. The van der Waals surface area contributed by atoms with Crippen LogP contribution in [0.5, 0.6) is 0 Å². The Labute approximate surface area is 120 Å². The van der Waals surface area contributed by atoms with Crippen molar-refractivity contribution in [2.75, 3.05) is 0 Å². The molecular weight excluding hydrogens is 250 g/mol. The van der Waals surface area contributed by atoms with Gasteiger partial charge in [0, 0.05) is 12.0 Å². The first-order valence-electron chi connectivity index (χ1n) is 7.58. The second-order valence-corrected chi connectivity index (χ2v) is 5.20. The van der Waals surface area contributed by atoms with E-state index < -0.39 is 0 Å². The first kappa shape index (κ1) is 14.6. The molecule has 0 amide bonds. The standard InChI is InChI=1S/C17H23NO2/c1-2-3-4-5-6-10-13-15-16(18-17(19)20-15)14-11-8-7-9-12-14/h7-9,11-12H,2-6,10,13H2,1H3,(H,18,19). The minimum atomic E-state index is -0.357. The van der Waals surface area contributed by atoms with E-state index in [1.807, 2.05) is 30.3 Å². The molecule has 0 atom stereocenters. The quantitative estimate of drug-likeness (QED) is 0.718. The Morgan fingerprint density at radius 1 is 1.00 bits per heavy atom. The van der Waals surface area contributed by atoms with Gasteiger partial charge in [-0.15, -0.1) is 0 Å². The van der Waals surface area contributed by atoms with Crippen LogP contribution in [0.15, 0.2) is 39.5 Å². The number of nitrogens with one attached hydrogen (secondary N) is 1. The van der Waals surface area contributed by atoms with Gasteiger partial charge in [-0.1, -0.05) is 69.4 Å². The molecule has 0 bridgehead atoms. The smallest absolute Gasteiger partial charge is 0.412 e. The number of rotatable bonds is 8. The number of benzene rings is 1. The van der Waals surface area contributed by atoms with Gasteiger partial charge in [0.05, 0.1) is 5.69 Å². The molecule has 0 aliphatic carbocycles. The summed E-state index contributed by atoms with van der Waals surface area (Å²) in [6, 6.07) is 9.89. The van der Waals surface area contributed by atoms with Gasteiger partial charge in [-0.25, -0.2) is 4.79 Å². The van der Waals surface area contributed by atoms with E-state index in [-0.39, 0.29) is 5.76 Å². The third kappa shape index (κ3) is 4.12. The first-order chi connectivity index (χ1) is 9.81. The molecule has 0 unspecified atom stereocenters. The highest BCUT2D eigenvalue weighted by molar-refractivity contribution is 5.60. The topological polar surface area (TPSA) is 46.0 Å². The molecule has 108 valence electrons. The van der Waals surface area contributed by atoms with Gasteiger partial charge < -0.3 is 4.42 Å². The molecule has 20 heavy (non-hydrogen) atoms. The molecule has 3 heteroatoms. The lowest BCUT2D eigenvalue weighted by molar-refractivity contribution is 0.458. The Morgan fingerprint density at radius 2 is 1.70 bits per heavy atom. The number of hydrogen-bond donors (Lipinski definition) is 1. The highest BCUT2D eigenvalue weighted by atomic mass is 16.4. The molecule has 0 spiro atoms. The lowest BCUT2D eigenvalue weighted by atomic mass is 10.1. The molecule has 2 rings (SSSR count). The molecule has 1 heterocycles. The zero-order valence-electron chi connectivity index (χ0n) is 12.2. The average molecular weight is 273 g/mol. The second-order valence-electron chi connectivity index (χ2n) is 5.20. The molecule has 0 aliphatic rings. The van der Waals surface area contributed by atoms with Gasteiger partial charge in [-0.3, -0.25) is 4.98 Å². The average Bonchev–Trinajstić information content (AvgIpc) is 2.85. The van der Waals surface area contributed by atoms with Crippen molar-refractivity contribution in [2.45, 2.75) is 51.9 Å². The molecule has 0 radical (unpaired) electrons. The number of unbranched alkanes of at least 4 members (excludes halogenated alkanes) is 5. The Bertz CT molecular complexity index is 554. The maximum Gasteiger partial charge on any atom is 0.416 e. The molecule has 0 saturated heterocycles. The van der Waals surface area contributed by atoms with Crippen LogP contribution >= 0.6 is 0 Å². The van der Waals surface area contributed by atoms with E-state index in [1.54, 1.807) is 0 Å². The Kier molecular flexibility index (Phi) is 5.66. The lowest BCUT2D eigenvalue weighted by Gasteiger charge is -2.02. The zero-order valence-corrected chi connectivity index (χ0v) is 12.2. The van der Waals surface area contributed by atoms with Crippen LogP contribution in [0, 0.1) is 0 Å². The van der Waals surface area contributed by atoms with Gasteiger partial charge >= 0.3 is 5.76 Å². The predicted octanol–water partition coefficient (Wildman–Crippen LogP) is 4.54. The third-order valence-corrected chi connectivity index (χ3v) is 3.54. The van der Waals surface area contributed by atoms with Gasteiger partial charge in [0.2, 0.25) is 0 Å². The number of aromatic nitrogens is 1. The Balaban J connectivity index is 1.93. The fourth-order valence-corrected chi connectivity index (χ4v) is 2.44. The van der Waals surface area contributed by atoms with Crippen LogP contribution in [0.4, 0.5) is 0 Å². The molecule has 1 aromatic carbocycles. The van der Waals surface area contributed by atoms with E-state index in [0.717, 1.165) is 29.9 Å². The van der Waals surface area contributed by atoms with Gasteiger partial charge in [0.15, 0.2) is 0 Å². The van der Waals surface area contributed by atoms with E-state index in [0.29, 0.717) is 0 Å². The molecule has 3 nitrogen and oxygen atoms in total. The van der Waals surface area contributed by atoms with Crippen molar-refractivity contribution in [3.8, 4) is 11.3 Å². The summed E-state index contributed by atoms with van der Waals surface area (Å²) in [5.74, 6) is 0.432. The first-order valence-corrected chi connectivity index (χ1v) is 7.58. The summed E-state index contributed by atoms with van der Waals surface area (Å²) >= 11 is 0. The van der Waals surface area contributed by atoms with Gasteiger partial charge in [0.1, 0.15) is 5.76 Å². The number of H-pyrrole nitrogens is 1. The highest BCUT2D eigenvalue weighted by Gasteiger charge is 2.11. The minimum absolute atomic E-state index is 0.357. The predicted molar refractivity (Wildman–Crippen MR) is 81.8 cm³/mol. The largest absolute Gasteiger partial charge is 0.416 e. The van der Waals surface area contributed by atoms with Crippen LogP contribution in [-0.4, -0.2) is 4.98 Å². The molecule has 1 N–H and O–H groups in total. The van der Waals surface area contributed by atoms with Crippen LogP contribution in [0.1, 0.15) is 51.2 Å². The molecule has 0 fully saturated rings. The van der Waals surface area contributed by atoms with Crippen LogP contribution in [0.25, 0.3) is 11.3 Å². The van der Waals surface area contributed by atoms with Crippen molar-refractivity contribution in [3.63, 3.8) is 0 Å². The van der Waals surface area contributed by atoms with Crippen LogP contribution in [0.2, 0.25) is 0 Å². The molecular formula is C17H23NO2. The Hall–Kier alpha value is -1.77. The summed E-state index contributed by atoms with van der Waals surface area (Å²) in [5.41, 5.74) is 1.85. The van der Waals surface area contributed by atoms with Crippen molar-refractivity contribution in [2.24, 2.45) is 0 Å². The van der Waals surface area contributed by atoms with E-state index in [1.165, 1.54) is 32.1 Å². The van der Waals surface area contributed by atoms with Crippen molar-refractivity contribution in [1.29, 1.82) is 0 Å². The van der Waals surface area contributed by atoms with Gasteiger partial charge in [-0.05, 0) is 6.42 Å². The van der Waals surface area contributed by atoms with Crippen LogP contribution in [-0.2, 0) is 6.42 Å². The molecule has 0 saturated carbocycles. The highest BCUT2D eigenvalue weighted by Crippen LogP contribution is 2.22. The van der Waals surface area contributed by atoms with Gasteiger partial charge in [-0.2, -0.15) is 0 Å². The number of aromatic amines is 1. The summed E-state index contributed by atoms with van der Waals surface area (Å²) in [7, 11) is 0. The summed E-state index contributed by atoms with van der Waals surface area (Å²) in [6.07, 6.45) is 8.25. The van der Waals surface area contributed by atoms with Crippen molar-refractivity contribution in [1.82, 2.24) is 4.98 Å². The Morgan fingerprint density at radius 3 is 2.45 bits per heavy atom. The maximum atomic E-state index is 11.4. The zero-order chi connectivity index (χ0) is 14.2. The van der Waals surface area contributed by atoms with Crippen molar-refractivity contribution >= 4 is 0 Å². The summed E-state index contributed by atoms with van der Waals surface area (Å²) < 4.78 is 5.29. The van der Waals surface area contributed by atoms with Crippen molar-refractivity contribution in [3.05, 3.63) is 46.6 Å². The van der Waals surface area contributed by atoms with Crippen LogP contribution < -0.4 is 5.76 Å². The number of hydrogen-bond acceptors (Lipinski definition) is 2. The maximum absolute atomic E-state index is 11.4. The SMILES string of the molecule is CCCCCCCCc1oc(=O)[nH]c1-c1ccccc1. The fourth-order valence-electron chi connectivity index (χ4n) is 2.44. The summed E-state index contributed by atoms with van der Waals surface area (Å²) in [6.45, 7) is 2.22. The summed E-state index contributed by atoms with van der Waals surface area (Å²) in [4.78, 5) is 14.2. The van der Waals surface area contributed by atoms with E-state index in [2.05, 4.69) is 11.9 Å².